The van der Waals surface area contributed by atoms with E-state index in [1.165, 1.54) is 92.4 Å². The number of allylic oxidation sites excluding steroid dienone is 3. The molecule has 6 aliphatic rings. The maximum atomic E-state index is 15.7. The van der Waals surface area contributed by atoms with Gasteiger partial charge in [-0.1, -0.05) is 56.1 Å². The number of urea groups is 3. The zero-order valence-corrected chi connectivity index (χ0v) is 74.6. The number of nitrogens with zero attached hydrogens (tertiary/aromatic N) is 6. The molecule has 36 nitrogen and oxygen atoms in total. The van der Waals surface area contributed by atoms with E-state index in [2.05, 4.69) is 65.8 Å². The number of benzene rings is 4. The number of rotatable bonds is 33. The summed E-state index contributed by atoms with van der Waals surface area (Å²) in [6, 6.07) is 21.1. The lowest BCUT2D eigenvalue weighted by Crippen LogP contribution is -2.53. The van der Waals surface area contributed by atoms with Crippen LogP contribution >= 0.6 is 45.9 Å². The van der Waals surface area contributed by atoms with Crippen molar-refractivity contribution in [3.63, 3.8) is 0 Å². The summed E-state index contributed by atoms with van der Waals surface area (Å²) in [7, 11) is -13.1. The highest BCUT2D eigenvalue weighted by atomic mass is 32.1. The van der Waals surface area contributed by atoms with Crippen molar-refractivity contribution in [3.8, 4) is 49.4 Å². The Morgan fingerprint density at radius 2 is 0.825 bits per heavy atom. The Balaban J connectivity index is 0.000000197. The van der Waals surface area contributed by atoms with Crippen molar-refractivity contribution in [1.82, 2.24) is 55.9 Å². The average Bonchev–Trinajstić information content (AvgIpc) is 1.62. The van der Waals surface area contributed by atoms with Crippen LogP contribution in [0.2, 0.25) is 0 Å². The second-order valence-electron chi connectivity index (χ2n) is 30.5. The molecule has 678 valence electrons. The van der Waals surface area contributed by atoms with Crippen molar-refractivity contribution in [2.24, 2.45) is 0 Å². The van der Waals surface area contributed by atoms with Crippen LogP contribution in [-0.2, 0) is 70.1 Å². The first kappa shape index (κ1) is 97.9. The Bertz CT molecular complexity index is 4980. The van der Waals surface area contributed by atoms with E-state index in [1.54, 1.807) is 144 Å². The van der Waals surface area contributed by atoms with Gasteiger partial charge in [0.15, 0.2) is 41.4 Å². The third kappa shape index (κ3) is 24.9. The second kappa shape index (κ2) is 41.6. The number of carbonyl (C=O) groups is 6. The molecule has 12 rings (SSSR count). The molecule has 2 aromatic heterocycles. The molecule has 4 aromatic carbocycles. The number of alkyl halides is 3. The summed E-state index contributed by atoms with van der Waals surface area (Å²) in [6.07, 6.45) is -3.74. The van der Waals surface area contributed by atoms with E-state index >= 15 is 13.2 Å². The Hall–Kier alpha value is -10.3. The fourth-order valence-corrected chi connectivity index (χ4v) is 18.4. The van der Waals surface area contributed by atoms with Gasteiger partial charge in [0.2, 0.25) is 0 Å². The van der Waals surface area contributed by atoms with Crippen LogP contribution in [-0.4, -0.2) is 205 Å². The van der Waals surface area contributed by atoms with Crippen molar-refractivity contribution < 1.29 is 127 Å². The number of nitrogens with one attached hydrogen (secondary N) is 6. The molecule has 6 amide bonds. The predicted molar refractivity (Wildman–Crippen MR) is 456 cm³/mol. The van der Waals surface area contributed by atoms with E-state index in [0.717, 1.165) is 67.6 Å². The van der Waals surface area contributed by atoms with Gasteiger partial charge < -0.3 is 73.3 Å². The standard InChI is InChI=1S/C30H34FN4O8P.2C26H32FN4O8PS/c1-18(2)41-27(37)20(4)34-44(39,43-24-13-9-22(10-14-24)21-7-11-23(32-6)12-8-21)40-17-25-26(36)30(5,31)28(42-25)35-16-15-19(3)33-29(35)38;1-15(2)37-23(33)17(4)30-40(35,39-19-8-6-18(7-9-19)22-28-11-13-41-22)36-14-20-21(32)26(5,27)24(38-20)31-12-10-16(3)29-25(31)34;1-15(2)37-23(33)17(4)30-40(35,39-19-8-6-18(7-9-19)21-12-28-14-41-21)36-13-20-22(32)26(5,27)24(38-20)31-11-10-16(3)29-25(31)34/h7-16,18,20,25-26,28,36H,3,17H2,1-2,4-5H3,(H,33,38)(H,34,39);6-13,15,17,20-21,24,32H,3,14H2,1-2,4-5H3,(H,29,34)(H,30,35);6-12,14-15,17,20,22,24,32H,3,13H2,1-2,4-5H3,(H,29,34)(H,30,35)/t20-,25+,26+,28+,30+,44?;17-,20+,21+,24+,26+,40?;17-,20+,22+,24+,26+,40?/m000/s1. The van der Waals surface area contributed by atoms with E-state index in [1.807, 2.05) is 5.38 Å². The van der Waals surface area contributed by atoms with Gasteiger partial charge in [0.05, 0.1) is 55.1 Å². The lowest BCUT2D eigenvalue weighted by atomic mass is 9.98. The normalized spacial score (nSPS) is 26.1. The largest absolute Gasteiger partial charge is 0.462 e. The molecule has 0 spiro atoms. The third-order valence-corrected chi connectivity index (χ3v) is 25.7. The van der Waals surface area contributed by atoms with Crippen LogP contribution in [0.1, 0.15) is 83.1 Å². The number of thiazole rings is 2. The summed E-state index contributed by atoms with van der Waals surface area (Å²) in [5.41, 5.74) is -0.895. The van der Waals surface area contributed by atoms with Gasteiger partial charge in [-0.15, -0.1) is 22.7 Å². The second-order valence-corrected chi connectivity index (χ2v) is 37.4. The number of halogens is 3. The van der Waals surface area contributed by atoms with E-state index in [9.17, 15) is 57.8 Å². The van der Waals surface area contributed by atoms with E-state index in [0.29, 0.717) is 22.8 Å². The Morgan fingerprint density at radius 3 is 1.10 bits per heavy atom. The van der Waals surface area contributed by atoms with Crippen molar-refractivity contribution in [1.29, 1.82) is 0 Å². The van der Waals surface area contributed by atoms with Crippen LogP contribution in [0.25, 0.3) is 37.0 Å². The Kier molecular flexibility index (Phi) is 32.3. The molecule has 0 saturated carbocycles. The summed E-state index contributed by atoms with van der Waals surface area (Å²) in [4.78, 5) is 90.0. The van der Waals surface area contributed by atoms with Crippen molar-refractivity contribution >= 4 is 87.6 Å². The third-order valence-electron chi connectivity index (χ3n) is 19.1. The van der Waals surface area contributed by atoms with Crippen LogP contribution in [0.3, 0.4) is 0 Å². The quantitative estimate of drug-likeness (QED) is 0.00799. The SMILES string of the molecule is C=C1C=CN([C@@H]2O[C@H](COP(=O)(N[C@@H](C)C(=O)OC(C)C)Oc3ccc(-c4cncs4)cc3)[C@@H](O)[C@@]2(C)F)C(=O)N1.C=C1C=CN([C@@H]2O[C@H](COP(=O)(N[C@@H](C)C(=O)OC(C)C)Oc3ccc(-c4nccs4)cc3)[C@@H](O)[C@@]2(C)F)C(=O)N1.[C-]#[N+]c1ccc(-c2ccc(OP(=O)(N[C@@H](C)C(=O)OC(C)C)OC[C@H]3O[C@@H](N4C=CC(=C)NC4=O)[C@](C)(F)[C@@H]3O)cc2)cc1. The van der Waals surface area contributed by atoms with Crippen molar-refractivity contribution in [2.45, 2.75) is 192 Å². The monoisotopic (exact) mass is 1850 g/mol. The Labute approximate surface area is 732 Å². The highest BCUT2D eigenvalue weighted by molar-refractivity contribution is 7.52. The molecule has 9 N–H and O–H groups in total. The summed E-state index contributed by atoms with van der Waals surface area (Å²) in [6.45, 7) is 33.5. The zero-order valence-electron chi connectivity index (χ0n) is 70.3. The average molecular weight is 1850 g/mol. The van der Waals surface area contributed by atoms with Crippen LogP contribution in [0.4, 0.5) is 33.2 Å². The minimum absolute atomic E-state index is 0.114. The molecule has 126 heavy (non-hydrogen) atoms. The number of aliphatic hydroxyl groups excluding tert-OH is 3. The highest BCUT2D eigenvalue weighted by Crippen LogP contribution is 2.51. The van der Waals surface area contributed by atoms with Gasteiger partial charge in [-0.2, -0.15) is 15.3 Å². The fraction of sp³-hybridized carbons (Fsp3) is 0.402. The number of aromatic nitrogens is 2. The molecule has 0 aliphatic carbocycles. The minimum Gasteiger partial charge on any atom is -0.462 e. The van der Waals surface area contributed by atoms with Gasteiger partial charge in [0, 0.05) is 59.0 Å². The van der Waals surface area contributed by atoms with Gasteiger partial charge in [-0.25, -0.2) is 51.1 Å². The number of esters is 3. The molecule has 6 aliphatic heterocycles. The molecule has 44 heteroatoms. The summed E-state index contributed by atoms with van der Waals surface area (Å²) < 4.78 is 155. The molecule has 3 fully saturated rings. The highest BCUT2D eigenvalue weighted by Gasteiger charge is 2.61. The van der Waals surface area contributed by atoms with E-state index in [-0.39, 0.29) is 17.2 Å². The molecule has 8 heterocycles. The van der Waals surface area contributed by atoms with Gasteiger partial charge in [0.25, 0.3) is 0 Å². The van der Waals surface area contributed by atoms with Crippen molar-refractivity contribution in [3.05, 3.63) is 205 Å². The molecular weight excluding hydrogens is 1750 g/mol. The number of amides is 6. The van der Waals surface area contributed by atoms with Gasteiger partial charge in [-0.05, 0) is 179 Å². The molecular formula is C82H98F3N12O24P3S2. The van der Waals surface area contributed by atoms with E-state index in [4.69, 9.17) is 62.1 Å². The lowest BCUT2D eigenvalue weighted by molar-refractivity contribution is -0.150. The zero-order chi connectivity index (χ0) is 92.1. The first-order valence-corrected chi connectivity index (χ1v) is 45.5. The number of carbonyl (C=O) groups excluding carboxylic acids is 6. The number of hydrogen-bond donors (Lipinski definition) is 9. The van der Waals surface area contributed by atoms with E-state index < -0.39 is 188 Å². The first-order valence-electron chi connectivity index (χ1n) is 39.1. The topological polar surface area (TPSA) is 437 Å². The first-order chi connectivity index (χ1) is 59.3. The summed E-state index contributed by atoms with van der Waals surface area (Å²) in [5, 5.41) is 49.7. The molecule has 3 saturated heterocycles. The minimum atomic E-state index is -4.40. The predicted octanol–water partition coefficient (Wildman–Crippen LogP) is 13.4. The number of aliphatic hydroxyl groups is 3. The maximum absolute atomic E-state index is 15.7. The number of hydrogen-bond acceptors (Lipinski definition) is 28. The Morgan fingerprint density at radius 1 is 0.516 bits per heavy atom. The van der Waals surface area contributed by atoms with Gasteiger partial charge in [-0.3, -0.25) is 47.6 Å². The van der Waals surface area contributed by atoms with Crippen molar-refractivity contribution in [2.75, 3.05) is 19.8 Å². The maximum Gasteiger partial charge on any atom is 0.459 e. The van der Waals surface area contributed by atoms with Gasteiger partial charge in [0.1, 0.15) is 77.0 Å². The number of ether oxygens (including phenoxy) is 6. The molecule has 0 radical (unpaired) electrons. The van der Waals surface area contributed by atoms with Crippen LogP contribution in [0, 0.1) is 6.57 Å². The lowest BCUT2D eigenvalue weighted by Gasteiger charge is -2.33. The molecule has 0 bridgehead atoms. The molecule has 18 atom stereocenters. The van der Waals surface area contributed by atoms with Crippen LogP contribution in [0.5, 0.6) is 17.2 Å². The van der Waals surface area contributed by atoms with Crippen LogP contribution < -0.4 is 44.8 Å². The summed E-state index contributed by atoms with van der Waals surface area (Å²) >= 11 is 2.89. The van der Waals surface area contributed by atoms with Crippen LogP contribution in [0.15, 0.2) is 194 Å². The fourth-order valence-electron chi connectivity index (χ4n) is 12.6. The molecule has 6 aromatic rings. The summed E-state index contributed by atoms with van der Waals surface area (Å²) in [5.74, 6) is -1.72. The smallest absolute Gasteiger partial charge is 0.459 e. The molecule has 3 unspecified atom stereocenters. The van der Waals surface area contributed by atoms with Gasteiger partial charge >= 0.3 is 59.2 Å².